The molecule has 0 spiro atoms. The Labute approximate surface area is 154 Å². The lowest BCUT2D eigenvalue weighted by molar-refractivity contribution is 0.196. The molecule has 2 atom stereocenters. The molecule has 0 radical (unpaired) electrons. The molecule has 2 aliphatic heterocycles. The normalized spacial score (nSPS) is 22.0. The van der Waals surface area contributed by atoms with E-state index in [4.69, 9.17) is 4.74 Å². The van der Waals surface area contributed by atoms with Gasteiger partial charge < -0.3 is 9.30 Å². The Morgan fingerprint density at radius 2 is 1.88 bits per heavy atom. The molecule has 0 aliphatic carbocycles. The van der Waals surface area contributed by atoms with Crippen molar-refractivity contribution in [3.63, 3.8) is 0 Å². The fraction of sp³-hybridized carbons (Fsp3) is 0.318. The minimum atomic E-state index is 0.568. The van der Waals surface area contributed by atoms with Gasteiger partial charge in [0, 0.05) is 25.8 Å². The number of hydrogen-bond donors (Lipinski definition) is 0. The Morgan fingerprint density at radius 1 is 1.00 bits per heavy atom. The van der Waals surface area contributed by atoms with Crippen molar-refractivity contribution in [1.29, 1.82) is 0 Å². The molecule has 2 aromatic carbocycles. The van der Waals surface area contributed by atoms with Crippen molar-refractivity contribution in [3.8, 4) is 11.5 Å². The van der Waals surface area contributed by atoms with Gasteiger partial charge in [-0.3, -0.25) is 4.90 Å². The van der Waals surface area contributed by atoms with Gasteiger partial charge in [0.25, 0.3) is 0 Å². The summed E-state index contributed by atoms with van der Waals surface area (Å²) in [6, 6.07) is 17.0. The van der Waals surface area contributed by atoms with Crippen LogP contribution in [0.2, 0.25) is 0 Å². The predicted octanol–water partition coefficient (Wildman–Crippen LogP) is 4.42. The Hall–Kier alpha value is -2.59. The monoisotopic (exact) mass is 345 g/mol. The van der Waals surface area contributed by atoms with Crippen molar-refractivity contribution in [2.75, 3.05) is 13.1 Å². The number of benzene rings is 2. The molecule has 3 aromatic rings. The van der Waals surface area contributed by atoms with Crippen molar-refractivity contribution in [1.82, 2.24) is 14.5 Å². The first kappa shape index (κ1) is 15.6. The number of piperidine rings is 1. The van der Waals surface area contributed by atoms with Crippen molar-refractivity contribution < 1.29 is 4.74 Å². The smallest absolute Gasteiger partial charge is 0.127 e. The van der Waals surface area contributed by atoms with Gasteiger partial charge in [0.2, 0.25) is 0 Å². The summed E-state index contributed by atoms with van der Waals surface area (Å²) in [6.07, 6.45) is 6.44. The summed E-state index contributed by atoms with van der Waals surface area (Å²) < 4.78 is 8.43. The molecule has 2 unspecified atom stereocenters. The third-order valence-corrected chi connectivity index (χ3v) is 5.51. The van der Waals surface area contributed by atoms with E-state index in [1.165, 1.54) is 29.7 Å². The van der Waals surface area contributed by atoms with Crippen molar-refractivity contribution in [2.24, 2.45) is 0 Å². The zero-order valence-corrected chi connectivity index (χ0v) is 14.8. The molecule has 0 saturated carbocycles. The second-order valence-electron chi connectivity index (χ2n) is 7.41. The number of fused-ring (bicyclic) bond motifs is 8. The molecule has 5 rings (SSSR count). The van der Waals surface area contributed by atoms with E-state index < -0.39 is 0 Å². The van der Waals surface area contributed by atoms with E-state index in [1.807, 2.05) is 18.6 Å². The van der Waals surface area contributed by atoms with Gasteiger partial charge in [-0.05, 0) is 60.7 Å². The largest absolute Gasteiger partial charge is 0.457 e. The van der Waals surface area contributed by atoms with Crippen LogP contribution in [0.15, 0.2) is 61.1 Å². The summed E-state index contributed by atoms with van der Waals surface area (Å²) in [5.74, 6) is 2.39. The van der Waals surface area contributed by atoms with Crippen LogP contribution in [0.25, 0.3) is 0 Å². The lowest BCUT2D eigenvalue weighted by atomic mass is 9.90. The Balaban J connectivity index is 1.58. The molecule has 1 saturated heterocycles. The lowest BCUT2D eigenvalue weighted by Gasteiger charge is -2.33. The van der Waals surface area contributed by atoms with Crippen LogP contribution in [0.5, 0.6) is 11.5 Å². The van der Waals surface area contributed by atoms with E-state index >= 15 is 0 Å². The molecule has 2 aliphatic rings. The van der Waals surface area contributed by atoms with E-state index in [1.54, 1.807) is 0 Å². The van der Waals surface area contributed by atoms with Crippen molar-refractivity contribution >= 4 is 0 Å². The zero-order chi connectivity index (χ0) is 17.3. The van der Waals surface area contributed by atoms with Crippen LogP contribution in [-0.4, -0.2) is 27.5 Å². The number of aromatic nitrogens is 2. The maximum absolute atomic E-state index is 6.17. The molecule has 1 fully saturated rings. The summed E-state index contributed by atoms with van der Waals surface area (Å²) in [5, 5.41) is 0. The molecular formula is C22H23N3O. The van der Waals surface area contributed by atoms with Gasteiger partial charge in [0.05, 0.1) is 12.0 Å². The van der Waals surface area contributed by atoms with Gasteiger partial charge in [0.1, 0.15) is 11.5 Å². The third kappa shape index (κ3) is 3.13. The lowest BCUT2D eigenvalue weighted by Crippen LogP contribution is -2.34. The zero-order valence-electron chi connectivity index (χ0n) is 14.8. The second kappa shape index (κ2) is 6.61. The minimum Gasteiger partial charge on any atom is -0.457 e. The van der Waals surface area contributed by atoms with Crippen molar-refractivity contribution in [2.45, 2.75) is 31.8 Å². The van der Waals surface area contributed by atoms with Crippen LogP contribution in [0.1, 0.15) is 35.6 Å². The van der Waals surface area contributed by atoms with Crippen LogP contribution >= 0.6 is 0 Å². The van der Waals surface area contributed by atoms with Crippen LogP contribution in [-0.2, 0) is 13.1 Å². The average Bonchev–Trinajstić information content (AvgIpc) is 3.08. The highest BCUT2D eigenvalue weighted by Gasteiger charge is 2.23. The van der Waals surface area contributed by atoms with Gasteiger partial charge in [-0.2, -0.15) is 0 Å². The maximum Gasteiger partial charge on any atom is 0.127 e. The van der Waals surface area contributed by atoms with Crippen LogP contribution in [0.4, 0.5) is 0 Å². The standard InChI is InChI=1S/C22H23N3O/c1-4-17-10-21(7-1)26-22-8-2-5-18(11-22)19-6-3-9-24(14-19)15-20-12-23-16-25(20)13-17/h1-2,4-5,7-8,10-12,16,19H,3,6,9,13-15H2. The number of imidazole rings is 1. The van der Waals surface area contributed by atoms with E-state index in [-0.39, 0.29) is 0 Å². The van der Waals surface area contributed by atoms with Gasteiger partial charge >= 0.3 is 0 Å². The molecule has 1 aromatic heterocycles. The summed E-state index contributed by atoms with van der Waals surface area (Å²) in [4.78, 5) is 6.97. The molecule has 4 nitrogen and oxygen atoms in total. The number of rotatable bonds is 0. The summed E-state index contributed by atoms with van der Waals surface area (Å²) in [7, 11) is 0. The minimum absolute atomic E-state index is 0.568. The highest BCUT2D eigenvalue weighted by molar-refractivity contribution is 5.37. The number of hydrogen-bond acceptors (Lipinski definition) is 3. The molecule has 0 N–H and O–H groups in total. The second-order valence-corrected chi connectivity index (χ2v) is 7.41. The quantitative estimate of drug-likeness (QED) is 0.604. The molecule has 132 valence electrons. The van der Waals surface area contributed by atoms with Gasteiger partial charge in [0.15, 0.2) is 0 Å². The van der Waals surface area contributed by atoms with E-state index in [2.05, 4.69) is 56.9 Å². The maximum atomic E-state index is 6.17. The first-order valence-corrected chi connectivity index (χ1v) is 9.42. The fourth-order valence-corrected chi connectivity index (χ4v) is 4.19. The van der Waals surface area contributed by atoms with E-state index in [9.17, 15) is 0 Å². The molecule has 26 heavy (non-hydrogen) atoms. The summed E-state index contributed by atoms with van der Waals surface area (Å²) >= 11 is 0. The topological polar surface area (TPSA) is 30.3 Å². The SMILES string of the molecule is c1cc2cc(c1)Oc1cccc(c1)C1CCCN(Cc3cncn3C2)C1. The van der Waals surface area contributed by atoms with E-state index in [0.29, 0.717) is 5.92 Å². The first-order chi connectivity index (χ1) is 12.8. The third-order valence-electron chi connectivity index (χ3n) is 5.51. The predicted molar refractivity (Wildman–Crippen MR) is 102 cm³/mol. The van der Waals surface area contributed by atoms with Crippen LogP contribution in [0, 0.1) is 0 Å². The van der Waals surface area contributed by atoms with Gasteiger partial charge in [-0.1, -0.05) is 24.3 Å². The summed E-state index contributed by atoms with van der Waals surface area (Å²) in [6.45, 7) is 4.05. The summed E-state index contributed by atoms with van der Waals surface area (Å²) in [5.41, 5.74) is 3.89. The van der Waals surface area contributed by atoms with Crippen LogP contribution < -0.4 is 4.74 Å². The Bertz CT molecular complexity index is 917. The highest BCUT2D eigenvalue weighted by atomic mass is 16.5. The van der Waals surface area contributed by atoms with Gasteiger partial charge in [-0.15, -0.1) is 0 Å². The van der Waals surface area contributed by atoms with Crippen molar-refractivity contribution in [3.05, 3.63) is 77.9 Å². The Kier molecular flexibility index (Phi) is 3.98. The molecule has 0 amide bonds. The van der Waals surface area contributed by atoms with E-state index in [0.717, 1.165) is 37.7 Å². The first-order valence-electron chi connectivity index (χ1n) is 9.42. The Morgan fingerprint density at radius 3 is 2.85 bits per heavy atom. The highest BCUT2D eigenvalue weighted by Crippen LogP contribution is 2.32. The number of ether oxygens (including phenoxy) is 1. The molecule has 4 heteroatoms. The molecule has 3 heterocycles. The van der Waals surface area contributed by atoms with Crippen LogP contribution in [0.3, 0.4) is 0 Å². The fourth-order valence-electron chi connectivity index (χ4n) is 4.19. The van der Waals surface area contributed by atoms with Gasteiger partial charge in [-0.25, -0.2) is 4.98 Å². The molecule has 6 bridgehead atoms. The average molecular weight is 345 g/mol. The molecular weight excluding hydrogens is 322 g/mol. The number of nitrogens with zero attached hydrogens (tertiary/aromatic N) is 3.